The summed E-state index contributed by atoms with van der Waals surface area (Å²) in [7, 11) is 6.19. The molecule has 0 aliphatic heterocycles. The Labute approximate surface area is 139 Å². The highest BCUT2D eigenvalue weighted by Crippen LogP contribution is 2.40. The molecule has 0 atom stereocenters. The van der Waals surface area contributed by atoms with Gasteiger partial charge in [0.05, 0.1) is 21.3 Å². The largest absolute Gasteiger partial charge is 0.493 e. The molecule has 1 aromatic heterocycles. The lowest BCUT2D eigenvalue weighted by molar-refractivity contribution is 0.0782. The number of methoxy groups -OCH3 is 3. The van der Waals surface area contributed by atoms with Crippen molar-refractivity contribution in [2.75, 3.05) is 28.4 Å². The molecule has 1 amide bonds. The number of pyridine rings is 1. The molecule has 0 fully saturated rings. The molecule has 0 radical (unpaired) electrons. The maximum absolute atomic E-state index is 12.5. The SMILES string of the molecule is COc1ccc(CN(C)C(=O)c2ccc[nH]c2=O)c(OC)c1OC. The summed E-state index contributed by atoms with van der Waals surface area (Å²) < 4.78 is 16.0. The lowest BCUT2D eigenvalue weighted by atomic mass is 10.1. The molecule has 2 aromatic rings. The van der Waals surface area contributed by atoms with E-state index in [0.29, 0.717) is 17.2 Å². The highest BCUT2D eigenvalue weighted by Gasteiger charge is 2.20. The number of amides is 1. The first-order valence-corrected chi connectivity index (χ1v) is 7.24. The van der Waals surface area contributed by atoms with Gasteiger partial charge in [-0.3, -0.25) is 9.59 Å². The van der Waals surface area contributed by atoms with E-state index in [1.165, 1.54) is 38.5 Å². The van der Waals surface area contributed by atoms with Gasteiger partial charge in [-0.25, -0.2) is 0 Å². The standard InChI is InChI=1S/C17H20N2O5/c1-19(17(21)12-6-5-9-18-16(12)20)10-11-7-8-13(22-2)15(24-4)14(11)23-3/h5-9H,10H2,1-4H3,(H,18,20). The molecule has 24 heavy (non-hydrogen) atoms. The van der Waals surface area contributed by atoms with Crippen LogP contribution in [0.1, 0.15) is 15.9 Å². The van der Waals surface area contributed by atoms with Gasteiger partial charge < -0.3 is 24.1 Å². The van der Waals surface area contributed by atoms with Gasteiger partial charge in [-0.05, 0) is 24.3 Å². The summed E-state index contributed by atoms with van der Waals surface area (Å²) in [4.78, 5) is 28.1. The van der Waals surface area contributed by atoms with Crippen LogP contribution in [0.15, 0.2) is 35.3 Å². The van der Waals surface area contributed by atoms with Gasteiger partial charge in [0.25, 0.3) is 11.5 Å². The molecule has 0 aliphatic rings. The fourth-order valence-corrected chi connectivity index (χ4v) is 2.41. The summed E-state index contributed by atoms with van der Waals surface area (Å²) in [5.74, 6) is 1.09. The Morgan fingerprint density at radius 1 is 1.08 bits per heavy atom. The van der Waals surface area contributed by atoms with Crippen molar-refractivity contribution in [3.63, 3.8) is 0 Å². The van der Waals surface area contributed by atoms with Crippen molar-refractivity contribution in [3.8, 4) is 17.2 Å². The number of nitrogens with one attached hydrogen (secondary N) is 1. The normalized spacial score (nSPS) is 10.2. The van der Waals surface area contributed by atoms with E-state index in [0.717, 1.165) is 5.56 Å². The number of carbonyl (C=O) groups excluding carboxylic acids is 1. The Kier molecular flexibility index (Phi) is 5.47. The van der Waals surface area contributed by atoms with E-state index in [2.05, 4.69) is 4.98 Å². The average molecular weight is 332 g/mol. The number of H-pyrrole nitrogens is 1. The molecule has 2 rings (SSSR count). The third-order valence-electron chi connectivity index (χ3n) is 3.59. The van der Waals surface area contributed by atoms with Gasteiger partial charge in [0.1, 0.15) is 5.56 Å². The van der Waals surface area contributed by atoms with Crippen molar-refractivity contribution >= 4 is 5.91 Å². The Hall–Kier alpha value is -2.96. The van der Waals surface area contributed by atoms with E-state index < -0.39 is 5.56 Å². The van der Waals surface area contributed by atoms with Gasteiger partial charge >= 0.3 is 0 Å². The Morgan fingerprint density at radius 2 is 1.79 bits per heavy atom. The number of aromatic amines is 1. The fraction of sp³-hybridized carbons (Fsp3) is 0.294. The second-order valence-electron chi connectivity index (χ2n) is 5.07. The molecule has 0 saturated carbocycles. The second kappa shape index (κ2) is 7.54. The first-order chi connectivity index (χ1) is 11.5. The third kappa shape index (κ3) is 3.34. The Balaban J connectivity index is 2.32. The summed E-state index contributed by atoms with van der Waals surface area (Å²) in [6.45, 7) is 0.247. The van der Waals surface area contributed by atoms with E-state index in [1.54, 1.807) is 25.2 Å². The fourth-order valence-electron chi connectivity index (χ4n) is 2.41. The van der Waals surface area contributed by atoms with Crippen LogP contribution >= 0.6 is 0 Å². The van der Waals surface area contributed by atoms with Crippen LogP contribution in [-0.2, 0) is 6.54 Å². The molecule has 0 aliphatic carbocycles. The van der Waals surface area contributed by atoms with Crippen LogP contribution in [0.2, 0.25) is 0 Å². The van der Waals surface area contributed by atoms with Crippen LogP contribution < -0.4 is 19.8 Å². The molecule has 0 saturated heterocycles. The molecular formula is C17H20N2O5. The van der Waals surface area contributed by atoms with Crippen LogP contribution in [-0.4, -0.2) is 44.2 Å². The summed E-state index contributed by atoms with van der Waals surface area (Å²) >= 11 is 0. The highest BCUT2D eigenvalue weighted by molar-refractivity contribution is 5.93. The number of benzene rings is 1. The summed E-state index contributed by atoms with van der Waals surface area (Å²) in [5, 5.41) is 0. The number of ether oxygens (including phenoxy) is 3. The van der Waals surface area contributed by atoms with Crippen LogP contribution in [0.3, 0.4) is 0 Å². The van der Waals surface area contributed by atoms with Crippen LogP contribution in [0.25, 0.3) is 0 Å². The predicted molar refractivity (Wildman–Crippen MR) is 89.0 cm³/mol. The molecule has 1 heterocycles. The van der Waals surface area contributed by atoms with Gasteiger partial charge in [0.15, 0.2) is 11.5 Å². The van der Waals surface area contributed by atoms with E-state index in [1.807, 2.05) is 0 Å². The second-order valence-corrected chi connectivity index (χ2v) is 5.07. The zero-order valence-electron chi connectivity index (χ0n) is 14.1. The Morgan fingerprint density at radius 3 is 2.38 bits per heavy atom. The average Bonchev–Trinajstić information content (AvgIpc) is 2.60. The lowest BCUT2D eigenvalue weighted by Crippen LogP contribution is -2.31. The minimum Gasteiger partial charge on any atom is -0.493 e. The van der Waals surface area contributed by atoms with Crippen LogP contribution in [0, 0.1) is 0 Å². The van der Waals surface area contributed by atoms with Crippen molar-refractivity contribution in [2.45, 2.75) is 6.54 Å². The van der Waals surface area contributed by atoms with E-state index in [-0.39, 0.29) is 18.0 Å². The topological polar surface area (TPSA) is 80.9 Å². The quantitative estimate of drug-likeness (QED) is 0.870. The summed E-state index contributed by atoms with van der Waals surface area (Å²) in [5.41, 5.74) is 0.395. The van der Waals surface area contributed by atoms with Crippen molar-refractivity contribution in [1.82, 2.24) is 9.88 Å². The predicted octanol–water partition coefficient (Wildman–Crippen LogP) is 1.67. The highest BCUT2D eigenvalue weighted by atomic mass is 16.5. The van der Waals surface area contributed by atoms with E-state index >= 15 is 0 Å². The molecule has 1 N–H and O–H groups in total. The van der Waals surface area contributed by atoms with Gasteiger partial charge in [-0.1, -0.05) is 0 Å². The van der Waals surface area contributed by atoms with Crippen molar-refractivity contribution in [2.24, 2.45) is 0 Å². The van der Waals surface area contributed by atoms with Gasteiger partial charge in [-0.15, -0.1) is 0 Å². The smallest absolute Gasteiger partial charge is 0.260 e. The minimum atomic E-state index is -0.423. The van der Waals surface area contributed by atoms with E-state index in [4.69, 9.17) is 14.2 Å². The monoisotopic (exact) mass is 332 g/mol. The zero-order valence-corrected chi connectivity index (χ0v) is 14.1. The number of carbonyl (C=O) groups is 1. The third-order valence-corrected chi connectivity index (χ3v) is 3.59. The van der Waals surface area contributed by atoms with Crippen molar-refractivity contribution in [3.05, 3.63) is 51.9 Å². The summed E-state index contributed by atoms with van der Waals surface area (Å²) in [6, 6.07) is 6.63. The minimum absolute atomic E-state index is 0.0828. The maximum atomic E-state index is 12.5. The number of hydrogen-bond donors (Lipinski definition) is 1. The number of nitrogens with zero attached hydrogens (tertiary/aromatic N) is 1. The van der Waals surface area contributed by atoms with Crippen LogP contribution in [0.4, 0.5) is 0 Å². The molecule has 7 heteroatoms. The van der Waals surface area contributed by atoms with E-state index in [9.17, 15) is 9.59 Å². The molecule has 7 nitrogen and oxygen atoms in total. The number of hydrogen-bond acceptors (Lipinski definition) is 5. The van der Waals surface area contributed by atoms with Crippen molar-refractivity contribution in [1.29, 1.82) is 0 Å². The zero-order chi connectivity index (χ0) is 17.7. The Bertz CT molecular complexity index is 785. The number of rotatable bonds is 6. The van der Waals surface area contributed by atoms with Gasteiger partial charge in [0, 0.05) is 25.4 Å². The molecule has 128 valence electrons. The molecular weight excluding hydrogens is 312 g/mol. The molecule has 1 aromatic carbocycles. The summed E-state index contributed by atoms with van der Waals surface area (Å²) in [6.07, 6.45) is 1.48. The number of aromatic nitrogens is 1. The first-order valence-electron chi connectivity index (χ1n) is 7.24. The molecule has 0 unspecified atom stereocenters. The van der Waals surface area contributed by atoms with Gasteiger partial charge in [-0.2, -0.15) is 0 Å². The first kappa shape index (κ1) is 17.4. The molecule has 0 bridgehead atoms. The van der Waals surface area contributed by atoms with Crippen molar-refractivity contribution < 1.29 is 19.0 Å². The molecule has 0 spiro atoms. The maximum Gasteiger partial charge on any atom is 0.260 e. The van der Waals surface area contributed by atoms with Crippen LogP contribution in [0.5, 0.6) is 17.2 Å². The lowest BCUT2D eigenvalue weighted by Gasteiger charge is -2.20. The van der Waals surface area contributed by atoms with Gasteiger partial charge in [0.2, 0.25) is 5.75 Å².